The molecule has 0 saturated carbocycles. The molecule has 1 fully saturated rings. The van der Waals surface area contributed by atoms with Crippen molar-refractivity contribution in [3.8, 4) is 0 Å². The van der Waals surface area contributed by atoms with Gasteiger partial charge in [0.05, 0.1) is 6.54 Å². The molecule has 0 aliphatic carbocycles. The van der Waals surface area contributed by atoms with E-state index in [1.807, 2.05) is 35.2 Å². The van der Waals surface area contributed by atoms with Crippen molar-refractivity contribution in [3.63, 3.8) is 0 Å². The van der Waals surface area contributed by atoms with E-state index >= 15 is 0 Å². The Kier molecular flexibility index (Phi) is 5.62. The molecule has 0 radical (unpaired) electrons. The highest BCUT2D eigenvalue weighted by atomic mass is 19.3. The number of benzene rings is 1. The third kappa shape index (κ3) is 4.35. The number of hydrogen-bond acceptors (Lipinski definition) is 4. The van der Waals surface area contributed by atoms with E-state index in [4.69, 9.17) is 4.42 Å². The number of rotatable bonds is 5. The number of para-hydroxylation sites is 1. The maximum Gasteiger partial charge on any atom is 0.320 e. The number of aromatic nitrogens is 1. The molecule has 5 rings (SSSR count). The molecule has 2 amide bonds. The van der Waals surface area contributed by atoms with Crippen molar-refractivity contribution in [2.75, 3.05) is 19.6 Å². The van der Waals surface area contributed by atoms with E-state index in [0.29, 0.717) is 44.2 Å². The van der Waals surface area contributed by atoms with Crippen LogP contribution >= 0.6 is 0 Å². The largest absolute Gasteiger partial charge is 0.460 e. The minimum absolute atomic E-state index is 0.0606. The van der Waals surface area contributed by atoms with Crippen LogP contribution in [0.5, 0.6) is 0 Å². The summed E-state index contributed by atoms with van der Waals surface area (Å²) in [5.74, 6) is -2.27. The fraction of sp³-hybridized carbons (Fsp3) is 0.360. The quantitative estimate of drug-likeness (QED) is 0.581. The second-order valence-corrected chi connectivity index (χ2v) is 8.67. The Hall–Kier alpha value is -3.26. The average molecular weight is 453 g/mol. The van der Waals surface area contributed by atoms with Crippen molar-refractivity contribution in [3.05, 3.63) is 77.8 Å². The summed E-state index contributed by atoms with van der Waals surface area (Å²) < 4.78 is 33.8. The molecule has 1 unspecified atom stereocenters. The first-order valence-electron chi connectivity index (χ1n) is 11.2. The van der Waals surface area contributed by atoms with Crippen molar-refractivity contribution in [2.24, 2.45) is 0 Å². The predicted molar refractivity (Wildman–Crippen MR) is 121 cm³/mol. The first-order valence-corrected chi connectivity index (χ1v) is 11.2. The normalized spacial score (nSPS) is 18.5. The van der Waals surface area contributed by atoms with Crippen LogP contribution in [0.2, 0.25) is 0 Å². The zero-order valence-corrected chi connectivity index (χ0v) is 18.3. The molecular weight excluding hydrogens is 426 g/mol. The Balaban J connectivity index is 1.18. The molecule has 0 bridgehead atoms. The van der Waals surface area contributed by atoms with E-state index in [2.05, 4.69) is 16.9 Å². The van der Waals surface area contributed by atoms with E-state index in [0.717, 1.165) is 28.8 Å². The first-order chi connectivity index (χ1) is 15.9. The lowest BCUT2D eigenvalue weighted by Crippen LogP contribution is -2.45. The highest BCUT2D eigenvalue weighted by Crippen LogP contribution is 2.31. The van der Waals surface area contributed by atoms with E-state index in [1.54, 1.807) is 4.90 Å². The number of pyridine rings is 1. The number of carbonyl (C=O) groups excluding carboxylic acids is 1. The zero-order valence-electron chi connectivity index (χ0n) is 18.3. The summed E-state index contributed by atoms with van der Waals surface area (Å²) in [6.07, 6.45) is 3.23. The molecular formula is C25H26F2N4O2. The van der Waals surface area contributed by atoms with Gasteiger partial charge in [0.25, 0.3) is 5.92 Å². The minimum atomic E-state index is -3.14. The van der Waals surface area contributed by atoms with Crippen molar-refractivity contribution in [1.29, 1.82) is 0 Å². The van der Waals surface area contributed by atoms with Crippen LogP contribution < -0.4 is 5.32 Å². The van der Waals surface area contributed by atoms with Gasteiger partial charge in [-0.3, -0.25) is 4.98 Å². The van der Waals surface area contributed by atoms with Gasteiger partial charge >= 0.3 is 6.03 Å². The Bertz CT molecular complexity index is 1160. The summed E-state index contributed by atoms with van der Waals surface area (Å²) in [6, 6.07) is 11.5. The van der Waals surface area contributed by atoms with E-state index < -0.39 is 5.92 Å². The first kappa shape index (κ1) is 21.6. The van der Waals surface area contributed by atoms with Crippen molar-refractivity contribution >= 4 is 17.0 Å². The SMILES string of the molecule is C=CC(F)(F)c1cnc2c(c1)CN(C(=O)N1CCC(NCc3cc4ccccc4o3)C1)CC2. The number of fused-ring (bicyclic) bond motifs is 2. The highest BCUT2D eigenvalue weighted by molar-refractivity contribution is 5.77. The fourth-order valence-corrected chi connectivity index (χ4v) is 4.56. The van der Waals surface area contributed by atoms with E-state index in [-0.39, 0.29) is 24.2 Å². The van der Waals surface area contributed by atoms with Gasteiger partial charge in [-0.15, -0.1) is 0 Å². The molecule has 33 heavy (non-hydrogen) atoms. The number of carbonyl (C=O) groups is 1. The smallest absolute Gasteiger partial charge is 0.320 e. The zero-order chi connectivity index (χ0) is 23.0. The summed E-state index contributed by atoms with van der Waals surface area (Å²) >= 11 is 0. The second kappa shape index (κ2) is 8.59. The maximum absolute atomic E-state index is 14.0. The molecule has 6 nitrogen and oxygen atoms in total. The van der Waals surface area contributed by atoms with Crippen LogP contribution in [0.3, 0.4) is 0 Å². The molecule has 172 valence electrons. The van der Waals surface area contributed by atoms with E-state index in [1.165, 1.54) is 12.3 Å². The van der Waals surface area contributed by atoms with Crippen LogP contribution in [0.1, 0.15) is 29.0 Å². The summed E-state index contributed by atoms with van der Waals surface area (Å²) in [5.41, 5.74) is 2.12. The average Bonchev–Trinajstić information content (AvgIpc) is 3.48. The molecule has 1 atom stereocenters. The third-order valence-corrected chi connectivity index (χ3v) is 6.45. The summed E-state index contributed by atoms with van der Waals surface area (Å²) in [4.78, 5) is 20.9. The van der Waals surface area contributed by atoms with Crippen molar-refractivity contribution in [1.82, 2.24) is 20.1 Å². The molecule has 0 spiro atoms. The monoisotopic (exact) mass is 452 g/mol. The minimum Gasteiger partial charge on any atom is -0.460 e. The van der Waals surface area contributed by atoms with Crippen molar-refractivity contribution < 1.29 is 18.0 Å². The molecule has 2 aliphatic heterocycles. The van der Waals surface area contributed by atoms with Gasteiger partial charge in [0.15, 0.2) is 0 Å². The van der Waals surface area contributed by atoms with Gasteiger partial charge in [-0.2, -0.15) is 8.78 Å². The third-order valence-electron chi connectivity index (χ3n) is 6.45. The molecule has 2 aliphatic rings. The number of allylic oxidation sites excluding steroid dienone is 1. The Morgan fingerprint density at radius 2 is 2.12 bits per heavy atom. The number of nitrogens with zero attached hydrogens (tertiary/aromatic N) is 3. The molecule has 4 heterocycles. The lowest BCUT2D eigenvalue weighted by molar-refractivity contribution is 0.0519. The number of furan rings is 1. The van der Waals surface area contributed by atoms with Gasteiger partial charge in [-0.25, -0.2) is 4.79 Å². The highest BCUT2D eigenvalue weighted by Gasteiger charge is 2.33. The van der Waals surface area contributed by atoms with Gasteiger partial charge in [0.1, 0.15) is 11.3 Å². The number of nitrogens with one attached hydrogen (secondary N) is 1. The number of likely N-dealkylation sites (tertiary alicyclic amines) is 1. The topological polar surface area (TPSA) is 61.6 Å². The van der Waals surface area contributed by atoms with Crippen LogP contribution in [0.4, 0.5) is 13.6 Å². The maximum atomic E-state index is 14.0. The van der Waals surface area contributed by atoms with Crippen molar-refractivity contribution in [2.45, 2.75) is 37.9 Å². The second-order valence-electron chi connectivity index (χ2n) is 8.67. The van der Waals surface area contributed by atoms with Crippen LogP contribution in [-0.4, -0.2) is 46.5 Å². The van der Waals surface area contributed by atoms with Gasteiger partial charge < -0.3 is 19.5 Å². The predicted octanol–water partition coefficient (Wildman–Crippen LogP) is 4.45. The summed E-state index contributed by atoms with van der Waals surface area (Å²) in [5, 5.41) is 4.56. The fourth-order valence-electron chi connectivity index (χ4n) is 4.56. The van der Waals surface area contributed by atoms with Crippen LogP contribution in [0, 0.1) is 0 Å². The number of alkyl halides is 2. The molecule has 8 heteroatoms. The molecule has 1 N–H and O–H groups in total. The van der Waals surface area contributed by atoms with Crippen LogP contribution in [0.15, 0.2) is 59.7 Å². The Labute approximate surface area is 190 Å². The van der Waals surface area contributed by atoms with Gasteiger partial charge in [0.2, 0.25) is 0 Å². The Morgan fingerprint density at radius 3 is 2.94 bits per heavy atom. The lowest BCUT2D eigenvalue weighted by atomic mass is 10.0. The molecule has 2 aromatic heterocycles. The lowest BCUT2D eigenvalue weighted by Gasteiger charge is -2.32. The molecule has 1 aromatic carbocycles. The van der Waals surface area contributed by atoms with E-state index in [9.17, 15) is 13.6 Å². The molecule has 3 aromatic rings. The van der Waals surface area contributed by atoms with Crippen LogP contribution in [0.25, 0.3) is 11.0 Å². The number of urea groups is 1. The Morgan fingerprint density at radius 1 is 1.27 bits per heavy atom. The van der Waals surface area contributed by atoms with Gasteiger partial charge in [-0.05, 0) is 36.3 Å². The number of hydrogen-bond donors (Lipinski definition) is 1. The summed E-state index contributed by atoms with van der Waals surface area (Å²) in [6.45, 7) is 5.89. The number of amides is 2. The van der Waals surface area contributed by atoms with Gasteiger partial charge in [0, 0.05) is 61.5 Å². The summed E-state index contributed by atoms with van der Waals surface area (Å²) in [7, 11) is 0. The van der Waals surface area contributed by atoms with Crippen LogP contribution in [-0.2, 0) is 25.4 Å². The molecule has 1 saturated heterocycles. The standard InChI is InChI=1S/C25H26F2N4O2/c1-2-25(26,27)19-11-18-15-30(10-8-22(18)29-13-19)24(32)31-9-7-20(16-31)28-14-21-12-17-5-3-4-6-23(17)33-21/h2-6,11-13,20,28H,1,7-10,14-16H2. The number of halogens is 2. The van der Waals surface area contributed by atoms with Gasteiger partial charge in [-0.1, -0.05) is 24.8 Å².